The molecule has 5 heterocycles. The molecule has 24 nitrogen and oxygen atoms in total. The molecule has 0 aliphatic rings. The molecule has 0 aliphatic carbocycles. The Morgan fingerprint density at radius 3 is 1.62 bits per heavy atom. The molecule has 1 amide bonds. The van der Waals surface area contributed by atoms with E-state index in [9.17, 15) is 14.4 Å². The van der Waals surface area contributed by atoms with Crippen LogP contribution in [0.25, 0.3) is 11.9 Å². The number of aromatic nitrogens is 9. The zero-order chi connectivity index (χ0) is 40.5. The Morgan fingerprint density at radius 1 is 0.691 bits per heavy atom. The molecule has 0 saturated carbocycles. The molecule has 0 atom stereocenters. The van der Waals surface area contributed by atoms with Crippen LogP contribution in [0.1, 0.15) is 50.2 Å². The summed E-state index contributed by atoms with van der Waals surface area (Å²) in [4.78, 5) is 54.3. The maximum absolute atomic E-state index is 12.7. The van der Waals surface area contributed by atoms with E-state index in [1.165, 1.54) is 43.9 Å². The number of rotatable bonds is 11. The van der Waals surface area contributed by atoms with E-state index < -0.39 is 11.9 Å². The molecule has 0 radical (unpaired) electrons. The van der Waals surface area contributed by atoms with Crippen molar-refractivity contribution < 1.29 is 28.6 Å². The minimum atomic E-state index is -0.687. The number of nitrogens with two attached hydrogens (primary N) is 3. The molecular weight excluding hydrogens is 720 g/mol. The van der Waals surface area contributed by atoms with Gasteiger partial charge in [-0.1, -0.05) is 0 Å². The lowest BCUT2D eigenvalue weighted by molar-refractivity contribution is -0.114. The lowest BCUT2D eigenvalue weighted by atomic mass is 10.2. The summed E-state index contributed by atoms with van der Waals surface area (Å²) in [6.45, 7) is 7.90. The lowest BCUT2D eigenvalue weighted by Gasteiger charge is -2.07. The fourth-order valence-electron chi connectivity index (χ4n) is 5.55. The first-order chi connectivity index (χ1) is 26.1. The van der Waals surface area contributed by atoms with E-state index in [1.54, 1.807) is 46.4 Å². The van der Waals surface area contributed by atoms with Crippen LogP contribution in [0.2, 0.25) is 0 Å². The number of amides is 1. The van der Waals surface area contributed by atoms with Crippen molar-refractivity contribution in [2.24, 2.45) is 39.5 Å². The molecule has 0 aliphatic heterocycles. The van der Waals surface area contributed by atoms with Crippen LogP contribution in [-0.4, -0.2) is 89.2 Å². The first-order valence-corrected chi connectivity index (χ1v) is 16.0. The zero-order valence-corrected chi connectivity index (χ0v) is 31.5. The van der Waals surface area contributed by atoms with E-state index in [4.69, 9.17) is 31.4 Å². The number of carbonyl (C=O) groups is 3. The molecule has 5 rings (SSSR count). The minimum absolute atomic E-state index is 0.0296. The lowest BCUT2D eigenvalue weighted by Crippen LogP contribution is -2.15. The van der Waals surface area contributed by atoms with Gasteiger partial charge in [-0.15, -0.1) is 20.5 Å². The number of esters is 2. The Labute approximate surface area is 312 Å². The van der Waals surface area contributed by atoms with Crippen molar-refractivity contribution >= 4 is 76.5 Å². The minimum Gasteiger partial charge on any atom is -0.486 e. The standard InChI is InChI=1S/C31H38N18O6/c1-12-17(27(51)54-9)25(46(6)23(12)35-11-53-8)42-40-19-14(3)44-48(21(19)32)30-37-29(34)38-31(39-30)49-22(33)20(15(4)45-49)41-43-26-18(28(52)55-10)13(2)24(47(26)7)36-16(5)50/h11H,32-33H2,1-10H3,(H,36,50)(H2,34,37,38,39)/b35-11-,42-40?,43-41?. The van der Waals surface area contributed by atoms with E-state index in [1.807, 2.05) is 0 Å². The third-order valence-corrected chi connectivity index (χ3v) is 8.15. The summed E-state index contributed by atoms with van der Waals surface area (Å²) in [6.07, 6.45) is 1.22. The van der Waals surface area contributed by atoms with E-state index >= 15 is 0 Å². The fourth-order valence-corrected chi connectivity index (χ4v) is 5.55. The molecule has 288 valence electrons. The third-order valence-electron chi connectivity index (χ3n) is 8.15. The Bertz CT molecular complexity index is 2450. The predicted octanol–water partition coefficient (Wildman–Crippen LogP) is 3.57. The molecule has 0 spiro atoms. The van der Waals surface area contributed by atoms with Crippen molar-refractivity contribution in [1.82, 2.24) is 43.6 Å². The maximum atomic E-state index is 12.7. The summed E-state index contributed by atoms with van der Waals surface area (Å²) in [5, 5.41) is 28.7. The molecule has 0 saturated heterocycles. The van der Waals surface area contributed by atoms with Crippen molar-refractivity contribution in [3.05, 3.63) is 33.6 Å². The van der Waals surface area contributed by atoms with Crippen LogP contribution in [0.5, 0.6) is 0 Å². The summed E-state index contributed by atoms with van der Waals surface area (Å²) in [5.41, 5.74) is 21.1. The van der Waals surface area contributed by atoms with E-state index in [0.717, 1.165) is 4.68 Å². The van der Waals surface area contributed by atoms with Gasteiger partial charge in [0.05, 0.1) is 32.7 Å². The van der Waals surface area contributed by atoms with Crippen molar-refractivity contribution in [3.63, 3.8) is 0 Å². The second-order valence-corrected chi connectivity index (χ2v) is 11.7. The van der Waals surface area contributed by atoms with Crippen LogP contribution in [0.3, 0.4) is 0 Å². The first-order valence-electron chi connectivity index (χ1n) is 16.0. The van der Waals surface area contributed by atoms with Gasteiger partial charge in [0.2, 0.25) is 11.9 Å². The highest BCUT2D eigenvalue weighted by Gasteiger charge is 2.27. The summed E-state index contributed by atoms with van der Waals surface area (Å²) in [5.74, 6) is -1.28. The first kappa shape index (κ1) is 38.7. The van der Waals surface area contributed by atoms with Gasteiger partial charge < -0.3 is 45.9 Å². The quantitative estimate of drug-likeness (QED) is 0.0648. The predicted molar refractivity (Wildman–Crippen MR) is 198 cm³/mol. The number of nitrogens with zero attached hydrogens (tertiary/aromatic N) is 14. The molecule has 0 aromatic carbocycles. The van der Waals surface area contributed by atoms with E-state index in [-0.39, 0.29) is 69.5 Å². The van der Waals surface area contributed by atoms with Gasteiger partial charge >= 0.3 is 11.9 Å². The van der Waals surface area contributed by atoms with Crippen molar-refractivity contribution in [3.8, 4) is 11.9 Å². The number of azo groups is 2. The number of carbonyl (C=O) groups excluding carboxylic acids is 3. The Balaban J connectivity index is 1.54. The van der Waals surface area contributed by atoms with Gasteiger partial charge in [0.25, 0.3) is 11.9 Å². The summed E-state index contributed by atoms with van der Waals surface area (Å²) in [6, 6.07) is 0. The summed E-state index contributed by atoms with van der Waals surface area (Å²) >= 11 is 0. The van der Waals surface area contributed by atoms with Crippen LogP contribution in [0.15, 0.2) is 25.4 Å². The topological polar surface area (TPSA) is 315 Å². The van der Waals surface area contributed by atoms with Gasteiger partial charge in [0.15, 0.2) is 41.0 Å². The van der Waals surface area contributed by atoms with E-state index in [0.29, 0.717) is 34.2 Å². The Morgan fingerprint density at radius 2 is 1.16 bits per heavy atom. The van der Waals surface area contributed by atoms with Crippen molar-refractivity contribution in [2.45, 2.75) is 34.6 Å². The van der Waals surface area contributed by atoms with Gasteiger partial charge in [0.1, 0.15) is 22.8 Å². The average Bonchev–Trinajstić information content (AvgIpc) is 3.76. The largest absolute Gasteiger partial charge is 0.486 e. The third kappa shape index (κ3) is 7.01. The highest BCUT2D eigenvalue weighted by molar-refractivity contribution is 6.00. The highest BCUT2D eigenvalue weighted by Crippen LogP contribution is 2.38. The molecule has 0 fully saturated rings. The number of hydrogen-bond donors (Lipinski definition) is 4. The molecule has 0 unspecified atom stereocenters. The second kappa shape index (κ2) is 15.2. The van der Waals surface area contributed by atoms with E-state index in [2.05, 4.69) is 55.9 Å². The number of anilines is 4. The molecular formula is C31H38N18O6. The number of aliphatic imine (C=N–C) groups is 1. The molecule has 7 N–H and O–H groups in total. The van der Waals surface area contributed by atoms with Crippen molar-refractivity contribution in [1.29, 1.82) is 0 Å². The van der Waals surface area contributed by atoms with Gasteiger partial charge in [0, 0.05) is 32.1 Å². The van der Waals surface area contributed by atoms with Crippen LogP contribution in [0, 0.1) is 27.7 Å². The number of nitrogen functional groups attached to an aromatic ring is 3. The molecule has 5 aromatic rings. The number of hydrogen-bond acceptors (Lipinski definition) is 19. The van der Waals surface area contributed by atoms with Gasteiger partial charge in [-0.25, -0.2) is 14.6 Å². The molecule has 0 bridgehead atoms. The number of methoxy groups -OCH3 is 3. The number of ether oxygens (including phenoxy) is 3. The SMILES string of the molecule is CO/C=N\c1c(C)c(C(=O)OC)c(N=Nc2c(C)nn(-c3nc(N)nc(-n4nc(C)c(N=Nc5c(C(=O)OC)c(C)c(NC(C)=O)n5C)c4N)n3)c2N)n1C. The normalized spacial score (nSPS) is 11.7. The van der Waals surface area contributed by atoms with Crippen LogP contribution in [-0.2, 0) is 33.1 Å². The van der Waals surface area contributed by atoms with Gasteiger partial charge in [-0.3, -0.25) is 4.79 Å². The molecule has 5 aromatic heterocycles. The highest BCUT2D eigenvalue weighted by atomic mass is 16.5. The summed E-state index contributed by atoms with van der Waals surface area (Å²) in [7, 11) is 7.15. The molecule has 24 heteroatoms. The van der Waals surface area contributed by atoms with Gasteiger partial charge in [-0.05, 0) is 27.7 Å². The zero-order valence-electron chi connectivity index (χ0n) is 31.5. The number of nitrogens with one attached hydrogen (secondary N) is 1. The smallest absolute Gasteiger partial charge is 0.342 e. The monoisotopic (exact) mass is 758 g/mol. The van der Waals surface area contributed by atoms with Gasteiger partial charge in [-0.2, -0.15) is 34.5 Å². The maximum Gasteiger partial charge on any atom is 0.342 e. The summed E-state index contributed by atoms with van der Waals surface area (Å²) < 4.78 is 20.2. The fraction of sp³-hybridized carbons (Fsp3) is 0.323. The Kier molecular flexibility index (Phi) is 10.7. The average molecular weight is 759 g/mol. The van der Waals surface area contributed by atoms with Crippen LogP contribution < -0.4 is 22.5 Å². The second-order valence-electron chi connectivity index (χ2n) is 11.7. The van der Waals surface area contributed by atoms with Crippen LogP contribution >= 0.6 is 0 Å². The van der Waals surface area contributed by atoms with Crippen molar-refractivity contribution in [2.75, 3.05) is 43.8 Å². The van der Waals surface area contributed by atoms with Crippen LogP contribution in [0.4, 0.5) is 52.2 Å². The Hall–Kier alpha value is -7.53. The molecule has 55 heavy (non-hydrogen) atoms. The number of aryl methyl sites for hydroxylation is 2.